The Balaban J connectivity index is 1.71. The number of ether oxygens (including phenoxy) is 1. The predicted molar refractivity (Wildman–Crippen MR) is 103 cm³/mol. The lowest BCUT2D eigenvalue weighted by Gasteiger charge is -2.23. The van der Waals surface area contributed by atoms with Crippen LogP contribution in [0.3, 0.4) is 0 Å². The molecule has 1 atom stereocenters. The van der Waals surface area contributed by atoms with E-state index in [1.165, 1.54) is 24.3 Å². The molecule has 0 saturated carbocycles. The zero-order valence-corrected chi connectivity index (χ0v) is 16.7. The van der Waals surface area contributed by atoms with Crippen LogP contribution in [0.4, 0.5) is 8.78 Å². The second kappa shape index (κ2) is 8.87. The summed E-state index contributed by atoms with van der Waals surface area (Å²) in [6, 6.07) is 7.78. The minimum atomic E-state index is -3.93. The minimum absolute atomic E-state index is 0.0393. The van der Waals surface area contributed by atoms with Crippen LogP contribution in [0, 0.1) is 11.6 Å². The average molecular weight is 424 g/mol. The summed E-state index contributed by atoms with van der Waals surface area (Å²) >= 11 is 0. The van der Waals surface area contributed by atoms with Crippen LogP contribution in [0.1, 0.15) is 25.3 Å². The highest BCUT2D eigenvalue weighted by molar-refractivity contribution is 7.89. The van der Waals surface area contributed by atoms with Crippen molar-refractivity contribution in [2.75, 3.05) is 13.2 Å². The minimum Gasteiger partial charge on any atom is -0.494 e. The van der Waals surface area contributed by atoms with Gasteiger partial charge in [0.05, 0.1) is 11.5 Å². The molecule has 1 aliphatic rings. The maximum absolute atomic E-state index is 13.7. The number of carbonyl (C=O) groups excluding carboxylic acids is 1. The molecule has 3 rings (SSSR count). The van der Waals surface area contributed by atoms with E-state index in [9.17, 15) is 22.0 Å². The number of halogens is 2. The van der Waals surface area contributed by atoms with Gasteiger partial charge in [0.15, 0.2) is 0 Å². The first-order chi connectivity index (χ1) is 13.8. The van der Waals surface area contributed by atoms with Gasteiger partial charge in [0, 0.05) is 19.2 Å². The molecule has 1 aliphatic heterocycles. The maximum atomic E-state index is 13.7. The molecule has 1 heterocycles. The summed E-state index contributed by atoms with van der Waals surface area (Å²) in [4.78, 5) is 12.6. The van der Waals surface area contributed by atoms with E-state index >= 15 is 0 Å². The quantitative estimate of drug-likeness (QED) is 0.742. The van der Waals surface area contributed by atoms with Gasteiger partial charge in [-0.1, -0.05) is 0 Å². The summed E-state index contributed by atoms with van der Waals surface area (Å²) in [6.45, 7) is 2.40. The van der Waals surface area contributed by atoms with E-state index in [1.807, 2.05) is 0 Å². The Morgan fingerprint density at radius 3 is 2.59 bits per heavy atom. The third-order valence-corrected chi connectivity index (χ3v) is 6.56. The third-order valence-electron chi connectivity index (χ3n) is 4.64. The van der Waals surface area contributed by atoms with Gasteiger partial charge in [-0.3, -0.25) is 4.79 Å². The molecule has 2 aromatic carbocycles. The second-order valence-corrected chi connectivity index (χ2v) is 8.56. The highest BCUT2D eigenvalue weighted by Gasteiger charge is 2.39. The lowest BCUT2D eigenvalue weighted by atomic mass is 10.2. The highest BCUT2D eigenvalue weighted by Crippen LogP contribution is 2.26. The van der Waals surface area contributed by atoms with Gasteiger partial charge in [-0.15, -0.1) is 0 Å². The second-order valence-electron chi connectivity index (χ2n) is 6.67. The van der Waals surface area contributed by atoms with Crippen LogP contribution in [-0.4, -0.2) is 37.8 Å². The Hall–Kier alpha value is -2.52. The molecule has 0 bridgehead atoms. The van der Waals surface area contributed by atoms with Gasteiger partial charge < -0.3 is 10.1 Å². The van der Waals surface area contributed by atoms with Crippen molar-refractivity contribution in [2.45, 2.75) is 37.2 Å². The molecule has 6 nitrogen and oxygen atoms in total. The number of benzene rings is 2. The van der Waals surface area contributed by atoms with E-state index in [0.29, 0.717) is 30.8 Å². The smallest absolute Gasteiger partial charge is 0.243 e. The fraction of sp³-hybridized carbons (Fsp3) is 0.350. The van der Waals surface area contributed by atoms with Crippen LogP contribution in [-0.2, 0) is 21.4 Å². The van der Waals surface area contributed by atoms with Crippen LogP contribution in [0.25, 0.3) is 0 Å². The van der Waals surface area contributed by atoms with E-state index in [0.717, 1.165) is 16.4 Å². The Kier molecular flexibility index (Phi) is 6.49. The Bertz CT molecular complexity index is 980. The van der Waals surface area contributed by atoms with Gasteiger partial charge in [0.1, 0.15) is 23.4 Å². The largest absolute Gasteiger partial charge is 0.494 e. The van der Waals surface area contributed by atoms with Crippen LogP contribution in [0.2, 0.25) is 0 Å². The summed E-state index contributed by atoms with van der Waals surface area (Å²) < 4.78 is 58.9. The number of sulfonamides is 1. The van der Waals surface area contributed by atoms with Gasteiger partial charge in [-0.25, -0.2) is 17.2 Å². The van der Waals surface area contributed by atoms with E-state index in [1.54, 1.807) is 13.0 Å². The van der Waals surface area contributed by atoms with Crippen molar-refractivity contribution in [1.82, 2.24) is 9.62 Å². The molecule has 1 amide bonds. The number of hydrogen-bond acceptors (Lipinski definition) is 4. The molecular weight excluding hydrogens is 402 g/mol. The molecule has 0 radical (unpaired) electrons. The standard InChI is InChI=1S/C20H22F2N2O4S/c1-2-28-17-11-14(10-16(22)12-17)13-23-20(25)19-4-3-9-24(19)29(26,27)18-7-5-15(21)6-8-18/h5-8,10-12,19H,2-4,9,13H2,1H3,(H,23,25)/t19-/m0/s1. The molecule has 0 spiro atoms. The van der Waals surface area contributed by atoms with Crippen LogP contribution in [0.5, 0.6) is 5.75 Å². The van der Waals surface area contributed by atoms with Gasteiger partial charge >= 0.3 is 0 Å². The molecule has 1 N–H and O–H groups in total. The summed E-state index contributed by atoms with van der Waals surface area (Å²) in [6.07, 6.45) is 0.909. The summed E-state index contributed by atoms with van der Waals surface area (Å²) in [5.74, 6) is -1.13. The SMILES string of the molecule is CCOc1cc(F)cc(CNC(=O)[C@@H]2CCCN2S(=O)(=O)c2ccc(F)cc2)c1. The number of rotatable bonds is 7. The fourth-order valence-electron chi connectivity index (χ4n) is 3.31. The summed E-state index contributed by atoms with van der Waals surface area (Å²) in [5.41, 5.74) is 0.507. The van der Waals surface area contributed by atoms with E-state index in [2.05, 4.69) is 5.32 Å². The van der Waals surface area contributed by atoms with Gasteiger partial charge in [-0.2, -0.15) is 4.31 Å². The van der Waals surface area contributed by atoms with Crippen LogP contribution < -0.4 is 10.1 Å². The average Bonchev–Trinajstić information content (AvgIpc) is 3.17. The number of hydrogen-bond donors (Lipinski definition) is 1. The zero-order valence-electron chi connectivity index (χ0n) is 15.9. The number of nitrogens with zero attached hydrogens (tertiary/aromatic N) is 1. The Morgan fingerprint density at radius 2 is 1.90 bits per heavy atom. The molecule has 9 heteroatoms. The van der Waals surface area contributed by atoms with Crippen molar-refractivity contribution < 1.29 is 26.7 Å². The number of nitrogens with one attached hydrogen (secondary N) is 1. The number of amides is 1. The van der Waals surface area contributed by atoms with Crippen molar-refractivity contribution in [1.29, 1.82) is 0 Å². The van der Waals surface area contributed by atoms with Gasteiger partial charge in [0.2, 0.25) is 15.9 Å². The molecular formula is C20H22F2N2O4S. The zero-order chi connectivity index (χ0) is 21.0. The molecule has 2 aromatic rings. The molecule has 1 saturated heterocycles. The summed E-state index contributed by atoms with van der Waals surface area (Å²) in [7, 11) is -3.93. The molecule has 0 aliphatic carbocycles. The molecule has 29 heavy (non-hydrogen) atoms. The van der Waals surface area contributed by atoms with Crippen molar-refractivity contribution in [3.8, 4) is 5.75 Å². The van der Waals surface area contributed by atoms with Crippen molar-refractivity contribution >= 4 is 15.9 Å². The summed E-state index contributed by atoms with van der Waals surface area (Å²) in [5, 5.41) is 2.67. The first-order valence-corrected chi connectivity index (χ1v) is 10.7. The maximum Gasteiger partial charge on any atom is 0.243 e. The van der Waals surface area contributed by atoms with Gasteiger partial charge in [-0.05, 0) is 61.7 Å². The van der Waals surface area contributed by atoms with E-state index in [4.69, 9.17) is 4.74 Å². The molecule has 0 unspecified atom stereocenters. The topological polar surface area (TPSA) is 75.7 Å². The van der Waals surface area contributed by atoms with Crippen molar-refractivity contribution in [3.05, 3.63) is 59.7 Å². The Morgan fingerprint density at radius 1 is 1.17 bits per heavy atom. The highest BCUT2D eigenvalue weighted by atomic mass is 32.2. The Labute approximate surface area is 168 Å². The number of carbonyl (C=O) groups is 1. The molecule has 156 valence electrons. The fourth-order valence-corrected chi connectivity index (χ4v) is 4.97. The first-order valence-electron chi connectivity index (χ1n) is 9.28. The van der Waals surface area contributed by atoms with Crippen molar-refractivity contribution in [2.24, 2.45) is 0 Å². The monoisotopic (exact) mass is 424 g/mol. The molecule has 1 fully saturated rings. The lowest BCUT2D eigenvalue weighted by Crippen LogP contribution is -2.45. The molecule has 0 aromatic heterocycles. The third kappa shape index (κ3) is 4.91. The van der Waals surface area contributed by atoms with Gasteiger partial charge in [0.25, 0.3) is 0 Å². The van der Waals surface area contributed by atoms with Crippen LogP contribution >= 0.6 is 0 Å². The lowest BCUT2D eigenvalue weighted by molar-refractivity contribution is -0.124. The normalized spacial score (nSPS) is 17.3. The van der Waals surface area contributed by atoms with E-state index < -0.39 is 33.6 Å². The predicted octanol–water partition coefficient (Wildman–Crippen LogP) is 2.83. The first kappa shape index (κ1) is 21.2. The van der Waals surface area contributed by atoms with Crippen LogP contribution in [0.15, 0.2) is 47.4 Å². The van der Waals surface area contributed by atoms with E-state index in [-0.39, 0.29) is 18.0 Å². The van der Waals surface area contributed by atoms with Crippen molar-refractivity contribution in [3.63, 3.8) is 0 Å².